The third-order valence-corrected chi connectivity index (χ3v) is 1.58. The van der Waals surface area contributed by atoms with Crippen molar-refractivity contribution >= 4 is 5.97 Å². The van der Waals surface area contributed by atoms with Crippen LogP contribution in [0.2, 0.25) is 0 Å². The van der Waals surface area contributed by atoms with Crippen LogP contribution in [0.25, 0.3) is 0 Å². The average Bonchev–Trinajstić information content (AvgIpc) is 1.84. The summed E-state index contributed by atoms with van der Waals surface area (Å²) in [5, 5.41) is 0. The minimum Gasteiger partial charge on any atom is -0.469 e. The standard InChI is InChI=1S/C7H11F3O2/c1-6(2,7(8,9)10)4-5(11)12-3/h4H2,1-3H3. The van der Waals surface area contributed by atoms with Gasteiger partial charge in [0, 0.05) is 0 Å². The van der Waals surface area contributed by atoms with Gasteiger partial charge in [0.1, 0.15) is 0 Å². The predicted molar refractivity (Wildman–Crippen MR) is 36.5 cm³/mol. The smallest absolute Gasteiger partial charge is 0.394 e. The Balaban J connectivity index is 4.33. The molecule has 0 aliphatic carbocycles. The summed E-state index contributed by atoms with van der Waals surface area (Å²) in [5.41, 5.74) is -2.01. The third-order valence-electron chi connectivity index (χ3n) is 1.58. The second kappa shape index (κ2) is 3.33. The largest absolute Gasteiger partial charge is 0.469 e. The Bertz CT molecular complexity index is 172. The van der Waals surface area contributed by atoms with Gasteiger partial charge in [-0.15, -0.1) is 0 Å². The lowest BCUT2D eigenvalue weighted by molar-refractivity contribution is -0.216. The molecule has 0 spiro atoms. The fourth-order valence-electron chi connectivity index (χ4n) is 0.533. The van der Waals surface area contributed by atoms with E-state index in [1.54, 1.807) is 0 Å². The van der Waals surface area contributed by atoms with Gasteiger partial charge in [-0.25, -0.2) is 0 Å². The summed E-state index contributed by atoms with van der Waals surface area (Å²) in [6, 6.07) is 0. The Kier molecular flexibility index (Phi) is 3.12. The van der Waals surface area contributed by atoms with Gasteiger partial charge < -0.3 is 4.74 Å². The van der Waals surface area contributed by atoms with Crippen molar-refractivity contribution in [2.45, 2.75) is 26.4 Å². The monoisotopic (exact) mass is 184 g/mol. The van der Waals surface area contributed by atoms with E-state index in [1.807, 2.05) is 0 Å². The second-order valence-electron chi connectivity index (χ2n) is 3.13. The van der Waals surface area contributed by atoms with Gasteiger partial charge >= 0.3 is 12.1 Å². The zero-order valence-electron chi connectivity index (χ0n) is 7.16. The number of alkyl halides is 3. The van der Waals surface area contributed by atoms with Crippen LogP contribution in [0.5, 0.6) is 0 Å². The lowest BCUT2D eigenvalue weighted by Crippen LogP contribution is -2.34. The summed E-state index contributed by atoms with van der Waals surface area (Å²) in [6.07, 6.45) is -5.02. The lowest BCUT2D eigenvalue weighted by Gasteiger charge is -2.25. The minimum absolute atomic E-state index is 0.646. The van der Waals surface area contributed by atoms with Crippen LogP contribution in [0.3, 0.4) is 0 Å². The van der Waals surface area contributed by atoms with Crippen molar-refractivity contribution in [1.29, 1.82) is 0 Å². The maximum atomic E-state index is 12.1. The van der Waals surface area contributed by atoms with Crippen molar-refractivity contribution < 1.29 is 22.7 Å². The molecule has 0 aliphatic rings. The first-order chi connectivity index (χ1) is 5.20. The van der Waals surface area contributed by atoms with Gasteiger partial charge in [0.25, 0.3) is 0 Å². The molecule has 5 heteroatoms. The molecule has 0 heterocycles. The molecule has 0 amide bonds. The highest BCUT2D eigenvalue weighted by atomic mass is 19.4. The number of methoxy groups -OCH3 is 1. The van der Waals surface area contributed by atoms with Crippen LogP contribution in [-0.2, 0) is 9.53 Å². The van der Waals surface area contributed by atoms with Crippen LogP contribution in [0.1, 0.15) is 20.3 Å². The molecule has 0 radical (unpaired) electrons. The van der Waals surface area contributed by atoms with Gasteiger partial charge in [0.15, 0.2) is 0 Å². The van der Waals surface area contributed by atoms with Crippen LogP contribution in [0, 0.1) is 5.41 Å². The van der Waals surface area contributed by atoms with Crippen LogP contribution < -0.4 is 0 Å². The van der Waals surface area contributed by atoms with Crippen molar-refractivity contribution in [1.82, 2.24) is 0 Å². The zero-order valence-corrected chi connectivity index (χ0v) is 7.16. The van der Waals surface area contributed by atoms with Crippen molar-refractivity contribution in [2.75, 3.05) is 7.11 Å². The lowest BCUT2D eigenvalue weighted by atomic mass is 9.89. The van der Waals surface area contributed by atoms with E-state index in [0.717, 1.165) is 21.0 Å². The highest BCUT2D eigenvalue weighted by Crippen LogP contribution is 2.40. The van der Waals surface area contributed by atoms with E-state index in [2.05, 4.69) is 4.74 Å². The molecule has 0 aromatic rings. The molecule has 0 unspecified atom stereocenters. The fourth-order valence-corrected chi connectivity index (χ4v) is 0.533. The van der Waals surface area contributed by atoms with E-state index in [4.69, 9.17) is 0 Å². The van der Waals surface area contributed by atoms with Gasteiger partial charge in [0.05, 0.1) is 18.9 Å². The van der Waals surface area contributed by atoms with E-state index in [0.29, 0.717) is 0 Å². The summed E-state index contributed by atoms with van der Waals surface area (Å²) in [4.78, 5) is 10.6. The molecule has 2 nitrogen and oxygen atoms in total. The second-order valence-corrected chi connectivity index (χ2v) is 3.13. The fraction of sp³-hybridized carbons (Fsp3) is 0.857. The average molecular weight is 184 g/mol. The molecule has 0 aromatic heterocycles. The molecule has 0 saturated heterocycles. The van der Waals surface area contributed by atoms with E-state index in [1.165, 1.54) is 0 Å². The quantitative estimate of drug-likeness (QED) is 0.614. The van der Waals surface area contributed by atoms with E-state index in [9.17, 15) is 18.0 Å². The number of esters is 1. The van der Waals surface area contributed by atoms with Crippen molar-refractivity contribution in [3.63, 3.8) is 0 Å². The van der Waals surface area contributed by atoms with Crippen LogP contribution >= 0.6 is 0 Å². The Morgan fingerprint density at radius 3 is 2.00 bits per heavy atom. The predicted octanol–water partition coefficient (Wildman–Crippen LogP) is 2.14. The molecule has 0 N–H and O–H groups in total. The molecule has 0 rings (SSSR count). The van der Waals surface area contributed by atoms with E-state index in [-0.39, 0.29) is 0 Å². The topological polar surface area (TPSA) is 26.3 Å². The van der Waals surface area contributed by atoms with E-state index >= 15 is 0 Å². The number of ether oxygens (including phenoxy) is 1. The number of carbonyl (C=O) groups is 1. The molecular weight excluding hydrogens is 173 g/mol. The maximum Gasteiger partial charge on any atom is 0.394 e. The first-order valence-electron chi connectivity index (χ1n) is 3.34. The molecular formula is C7H11F3O2. The Morgan fingerprint density at radius 2 is 1.75 bits per heavy atom. The van der Waals surface area contributed by atoms with E-state index < -0.39 is 24.0 Å². The van der Waals surface area contributed by atoms with Gasteiger partial charge in [-0.2, -0.15) is 13.2 Å². The zero-order chi connectivity index (χ0) is 9.99. The number of halogens is 3. The SMILES string of the molecule is COC(=O)CC(C)(C)C(F)(F)F. The first kappa shape index (κ1) is 11.3. The highest BCUT2D eigenvalue weighted by molar-refractivity contribution is 5.70. The number of hydrogen-bond acceptors (Lipinski definition) is 2. The summed E-state index contributed by atoms with van der Waals surface area (Å²) in [6.45, 7) is 1.92. The summed E-state index contributed by atoms with van der Waals surface area (Å²) in [5.74, 6) is -0.850. The summed E-state index contributed by atoms with van der Waals surface area (Å²) in [7, 11) is 1.06. The molecule has 0 bridgehead atoms. The normalized spacial score (nSPS) is 12.8. The van der Waals surface area contributed by atoms with Gasteiger partial charge in [-0.3, -0.25) is 4.79 Å². The Labute approximate surface area is 68.7 Å². The van der Waals surface area contributed by atoms with Gasteiger partial charge in [0.2, 0.25) is 0 Å². The summed E-state index contributed by atoms with van der Waals surface area (Å²) >= 11 is 0. The molecule has 0 fully saturated rings. The molecule has 0 aliphatic heterocycles. The van der Waals surface area contributed by atoms with Crippen LogP contribution in [0.15, 0.2) is 0 Å². The molecule has 12 heavy (non-hydrogen) atoms. The highest BCUT2D eigenvalue weighted by Gasteiger charge is 2.48. The van der Waals surface area contributed by atoms with Crippen molar-refractivity contribution in [3.8, 4) is 0 Å². The third kappa shape index (κ3) is 2.71. The summed E-state index contributed by atoms with van der Waals surface area (Å²) < 4.78 is 40.5. The molecule has 0 saturated carbocycles. The number of carbonyl (C=O) groups excluding carboxylic acids is 1. The van der Waals surface area contributed by atoms with Crippen LogP contribution in [-0.4, -0.2) is 19.3 Å². The maximum absolute atomic E-state index is 12.1. The number of hydrogen-bond donors (Lipinski definition) is 0. The van der Waals surface area contributed by atoms with Crippen molar-refractivity contribution in [2.24, 2.45) is 5.41 Å². The molecule has 0 atom stereocenters. The molecule has 72 valence electrons. The van der Waals surface area contributed by atoms with Gasteiger partial charge in [-0.1, -0.05) is 13.8 Å². The number of rotatable bonds is 2. The van der Waals surface area contributed by atoms with Crippen molar-refractivity contribution in [3.05, 3.63) is 0 Å². The van der Waals surface area contributed by atoms with Gasteiger partial charge in [-0.05, 0) is 0 Å². The Morgan fingerprint density at radius 1 is 1.33 bits per heavy atom. The van der Waals surface area contributed by atoms with Crippen LogP contribution in [0.4, 0.5) is 13.2 Å². The molecule has 0 aromatic carbocycles. The first-order valence-corrected chi connectivity index (χ1v) is 3.34. The minimum atomic E-state index is -4.37. The Hall–Kier alpha value is -0.740.